The van der Waals surface area contributed by atoms with E-state index in [9.17, 15) is 4.79 Å². The minimum Gasteiger partial charge on any atom is -0.357 e. The highest BCUT2D eigenvalue weighted by Crippen LogP contribution is 2.31. The van der Waals surface area contributed by atoms with Crippen molar-refractivity contribution in [3.8, 4) is 0 Å². The van der Waals surface area contributed by atoms with Crippen molar-refractivity contribution in [3.63, 3.8) is 0 Å². The quantitative estimate of drug-likeness (QED) is 0.349. The first kappa shape index (κ1) is 24.3. The highest BCUT2D eigenvalue weighted by Gasteiger charge is 2.39. The number of nitrogens with zero attached hydrogens (tertiary/aromatic N) is 4. The van der Waals surface area contributed by atoms with E-state index in [1.165, 1.54) is 64.7 Å². The maximum Gasteiger partial charge on any atom is 0.222 e. The SMILES string of the molecule is CCNC(=NCC1(N2CCCCC2)CCN(C)CC1)NCCCN1CCCCCC1=O. The molecule has 0 unspecified atom stereocenters. The van der Waals surface area contributed by atoms with Crippen molar-refractivity contribution in [1.29, 1.82) is 0 Å². The van der Waals surface area contributed by atoms with Crippen molar-refractivity contribution in [1.82, 2.24) is 25.3 Å². The van der Waals surface area contributed by atoms with E-state index in [1.54, 1.807) is 0 Å². The summed E-state index contributed by atoms with van der Waals surface area (Å²) in [6.45, 7) is 11.3. The molecule has 0 atom stereocenters. The van der Waals surface area contributed by atoms with Gasteiger partial charge in [0.1, 0.15) is 0 Å². The van der Waals surface area contributed by atoms with E-state index in [1.807, 2.05) is 0 Å². The van der Waals surface area contributed by atoms with Gasteiger partial charge >= 0.3 is 0 Å². The van der Waals surface area contributed by atoms with E-state index >= 15 is 0 Å². The second kappa shape index (κ2) is 12.6. The van der Waals surface area contributed by atoms with Gasteiger partial charge in [0.2, 0.25) is 5.91 Å². The zero-order chi connectivity index (χ0) is 21.9. The van der Waals surface area contributed by atoms with Crippen molar-refractivity contribution in [2.24, 2.45) is 4.99 Å². The lowest BCUT2D eigenvalue weighted by atomic mass is 9.84. The topological polar surface area (TPSA) is 63.2 Å². The van der Waals surface area contributed by atoms with Crippen LogP contribution in [0.5, 0.6) is 0 Å². The molecule has 2 N–H and O–H groups in total. The molecule has 0 aliphatic carbocycles. The summed E-state index contributed by atoms with van der Waals surface area (Å²) in [5.74, 6) is 1.27. The number of guanidine groups is 1. The molecule has 3 fully saturated rings. The number of piperidine rings is 2. The maximum atomic E-state index is 12.2. The lowest BCUT2D eigenvalue weighted by Crippen LogP contribution is -2.58. The van der Waals surface area contributed by atoms with Crippen LogP contribution in [0.4, 0.5) is 0 Å². The van der Waals surface area contributed by atoms with Crippen molar-refractivity contribution in [2.75, 3.05) is 66.0 Å². The summed E-state index contributed by atoms with van der Waals surface area (Å²) in [6, 6.07) is 0. The van der Waals surface area contributed by atoms with Gasteiger partial charge in [-0.1, -0.05) is 12.8 Å². The molecule has 0 aromatic carbocycles. The molecule has 3 heterocycles. The van der Waals surface area contributed by atoms with Crippen LogP contribution < -0.4 is 10.6 Å². The molecule has 7 nitrogen and oxygen atoms in total. The van der Waals surface area contributed by atoms with Gasteiger partial charge in [0, 0.05) is 38.1 Å². The summed E-state index contributed by atoms with van der Waals surface area (Å²) in [4.78, 5) is 24.5. The number of hydrogen-bond acceptors (Lipinski definition) is 4. The van der Waals surface area contributed by atoms with Gasteiger partial charge in [-0.2, -0.15) is 0 Å². The molecule has 0 aromatic heterocycles. The monoisotopic (exact) mass is 434 g/mol. The molecule has 0 bridgehead atoms. The molecule has 3 saturated heterocycles. The van der Waals surface area contributed by atoms with Crippen LogP contribution in [-0.2, 0) is 4.79 Å². The Bertz CT molecular complexity index is 566. The smallest absolute Gasteiger partial charge is 0.222 e. The average Bonchev–Trinajstić information content (AvgIpc) is 3.01. The molecule has 3 rings (SSSR count). The van der Waals surface area contributed by atoms with Gasteiger partial charge < -0.3 is 20.4 Å². The highest BCUT2D eigenvalue weighted by molar-refractivity contribution is 5.79. The highest BCUT2D eigenvalue weighted by atomic mass is 16.2. The number of carbonyl (C=O) groups excluding carboxylic acids is 1. The van der Waals surface area contributed by atoms with Gasteiger partial charge in [0.25, 0.3) is 0 Å². The van der Waals surface area contributed by atoms with Gasteiger partial charge in [-0.15, -0.1) is 0 Å². The minimum atomic E-state index is 0.216. The van der Waals surface area contributed by atoms with Crippen molar-refractivity contribution in [2.45, 2.75) is 76.7 Å². The van der Waals surface area contributed by atoms with Gasteiger partial charge in [-0.25, -0.2) is 0 Å². The van der Waals surface area contributed by atoms with Crippen LogP contribution in [0.15, 0.2) is 4.99 Å². The number of amides is 1. The summed E-state index contributed by atoms with van der Waals surface area (Å²) in [5.41, 5.74) is 0.216. The molecule has 0 saturated carbocycles. The van der Waals surface area contributed by atoms with E-state index in [4.69, 9.17) is 4.99 Å². The third-order valence-corrected chi connectivity index (χ3v) is 7.39. The third kappa shape index (κ3) is 7.35. The van der Waals surface area contributed by atoms with Gasteiger partial charge in [0.05, 0.1) is 6.54 Å². The fourth-order valence-electron chi connectivity index (χ4n) is 5.30. The Labute approximate surface area is 190 Å². The fraction of sp³-hybridized carbons (Fsp3) is 0.917. The molecule has 0 radical (unpaired) electrons. The van der Waals surface area contributed by atoms with Crippen molar-refractivity contribution < 1.29 is 4.79 Å². The molecule has 3 aliphatic heterocycles. The van der Waals surface area contributed by atoms with Gasteiger partial charge in [-0.3, -0.25) is 14.7 Å². The fourth-order valence-corrected chi connectivity index (χ4v) is 5.30. The van der Waals surface area contributed by atoms with Crippen molar-refractivity contribution >= 4 is 11.9 Å². The van der Waals surface area contributed by atoms with Gasteiger partial charge in [-0.05, 0) is 85.1 Å². The van der Waals surface area contributed by atoms with Crippen LogP contribution in [0.1, 0.15) is 71.1 Å². The van der Waals surface area contributed by atoms with Crippen LogP contribution in [0.2, 0.25) is 0 Å². The third-order valence-electron chi connectivity index (χ3n) is 7.39. The molecule has 178 valence electrons. The molecular weight excluding hydrogens is 388 g/mol. The summed E-state index contributed by atoms with van der Waals surface area (Å²) >= 11 is 0. The molecule has 7 heteroatoms. The first-order valence-corrected chi connectivity index (χ1v) is 12.9. The number of likely N-dealkylation sites (tertiary alicyclic amines) is 3. The van der Waals surface area contributed by atoms with Crippen LogP contribution in [0, 0.1) is 0 Å². The number of hydrogen-bond donors (Lipinski definition) is 2. The predicted molar refractivity (Wildman–Crippen MR) is 129 cm³/mol. The number of carbonyl (C=O) groups is 1. The van der Waals surface area contributed by atoms with Crippen molar-refractivity contribution in [3.05, 3.63) is 0 Å². The standard InChI is InChI=1S/C24H46N6O/c1-3-25-23(26-14-10-16-29-15-7-4-6-11-22(29)31)27-21-24(12-19-28(2)20-13-24)30-17-8-5-9-18-30/h3-21H2,1-2H3,(H2,25,26,27). The molecule has 3 aliphatic rings. The van der Waals surface area contributed by atoms with E-state index in [-0.39, 0.29) is 5.54 Å². The predicted octanol–water partition coefficient (Wildman–Crippen LogP) is 2.28. The Balaban J connectivity index is 1.53. The summed E-state index contributed by atoms with van der Waals surface area (Å²) in [5, 5.41) is 6.97. The Hall–Kier alpha value is -1.34. The maximum absolute atomic E-state index is 12.2. The molecule has 0 spiro atoms. The van der Waals surface area contributed by atoms with Crippen LogP contribution in [0.3, 0.4) is 0 Å². The van der Waals surface area contributed by atoms with E-state index in [0.29, 0.717) is 5.91 Å². The lowest BCUT2D eigenvalue weighted by molar-refractivity contribution is -0.130. The largest absolute Gasteiger partial charge is 0.357 e. The summed E-state index contributed by atoms with van der Waals surface area (Å²) < 4.78 is 0. The molecule has 1 amide bonds. The second-order valence-corrected chi connectivity index (χ2v) is 9.74. The first-order chi connectivity index (χ1) is 15.1. The van der Waals surface area contributed by atoms with E-state index in [2.05, 4.69) is 39.3 Å². The zero-order valence-electron chi connectivity index (χ0n) is 20.1. The molecule has 31 heavy (non-hydrogen) atoms. The van der Waals surface area contributed by atoms with Crippen LogP contribution in [0.25, 0.3) is 0 Å². The first-order valence-electron chi connectivity index (χ1n) is 12.9. The normalized spacial score (nSPS) is 24.1. The second-order valence-electron chi connectivity index (χ2n) is 9.74. The van der Waals surface area contributed by atoms with E-state index in [0.717, 1.165) is 64.4 Å². The summed E-state index contributed by atoms with van der Waals surface area (Å²) in [7, 11) is 2.24. The van der Waals surface area contributed by atoms with Crippen LogP contribution in [-0.4, -0.2) is 98.1 Å². The van der Waals surface area contributed by atoms with E-state index < -0.39 is 0 Å². The Morgan fingerprint density at radius 1 is 0.968 bits per heavy atom. The molecular formula is C24H46N6O. The Morgan fingerprint density at radius 2 is 1.68 bits per heavy atom. The number of aliphatic imine (C=N–C) groups is 1. The average molecular weight is 435 g/mol. The molecule has 0 aromatic rings. The van der Waals surface area contributed by atoms with Gasteiger partial charge in [0.15, 0.2) is 5.96 Å². The number of nitrogens with one attached hydrogen (secondary N) is 2. The minimum absolute atomic E-state index is 0.216. The zero-order valence-corrected chi connectivity index (χ0v) is 20.1. The Kier molecular flexibility index (Phi) is 9.91. The number of rotatable bonds is 8. The summed E-state index contributed by atoms with van der Waals surface area (Å²) in [6.07, 6.45) is 11.5. The lowest BCUT2D eigenvalue weighted by Gasteiger charge is -2.49. The Morgan fingerprint density at radius 3 is 2.42 bits per heavy atom. The van der Waals surface area contributed by atoms with Crippen LogP contribution >= 0.6 is 0 Å².